The summed E-state index contributed by atoms with van der Waals surface area (Å²) in [6.45, 7) is 3.14. The van der Waals surface area contributed by atoms with E-state index in [1.54, 1.807) is 35.4 Å². The second kappa shape index (κ2) is 9.52. The number of likely N-dealkylation sites (tertiary alicyclic amines) is 1. The van der Waals surface area contributed by atoms with Crippen LogP contribution in [0.25, 0.3) is 0 Å². The van der Waals surface area contributed by atoms with Crippen LogP contribution in [0.5, 0.6) is 0 Å². The van der Waals surface area contributed by atoms with E-state index in [2.05, 4.69) is 20.6 Å². The molecule has 2 atom stereocenters. The summed E-state index contributed by atoms with van der Waals surface area (Å²) in [6, 6.07) is 5.68. The van der Waals surface area contributed by atoms with E-state index in [-0.39, 0.29) is 17.7 Å². The minimum atomic E-state index is -0.623. The van der Waals surface area contributed by atoms with Crippen LogP contribution in [-0.2, 0) is 9.59 Å². The smallest absolute Gasteiger partial charge is 0.312 e. The van der Waals surface area contributed by atoms with Gasteiger partial charge in [-0.3, -0.25) is 14.9 Å². The fraction of sp³-hybridized carbons (Fsp3) is 0.409. The molecular weight excluding hydrogens is 432 g/mol. The summed E-state index contributed by atoms with van der Waals surface area (Å²) in [7, 11) is 0. The Morgan fingerprint density at radius 1 is 1.06 bits per heavy atom. The molecule has 10 heteroatoms. The first kappa shape index (κ1) is 22.0. The van der Waals surface area contributed by atoms with Gasteiger partial charge < -0.3 is 15.1 Å². The van der Waals surface area contributed by atoms with Gasteiger partial charge in [0.05, 0.1) is 16.9 Å². The molecule has 2 aliphatic heterocycles. The number of carbonyl (C=O) groups is 3. The summed E-state index contributed by atoms with van der Waals surface area (Å²) in [6.07, 6.45) is 6.01. The normalized spacial score (nSPS) is 20.9. The lowest BCUT2D eigenvalue weighted by Crippen LogP contribution is -2.45. The number of hydrogen-bond acceptors (Lipinski definition) is 5. The lowest BCUT2D eigenvalue weighted by Gasteiger charge is -2.26. The van der Waals surface area contributed by atoms with Gasteiger partial charge in [0, 0.05) is 25.7 Å². The molecule has 0 saturated carbocycles. The zero-order chi connectivity index (χ0) is 22.7. The van der Waals surface area contributed by atoms with Gasteiger partial charge in [0.15, 0.2) is 0 Å². The summed E-state index contributed by atoms with van der Waals surface area (Å²) in [5, 5.41) is 5.98. The molecule has 2 N–H and O–H groups in total. The maximum atomic E-state index is 12.9. The average Bonchev–Trinajstić information content (AvgIpc) is 3.18. The van der Waals surface area contributed by atoms with Gasteiger partial charge in [-0.25, -0.2) is 14.8 Å². The fourth-order valence-corrected chi connectivity index (χ4v) is 4.17. The van der Waals surface area contributed by atoms with E-state index in [9.17, 15) is 14.4 Å². The number of piperidine rings is 1. The summed E-state index contributed by atoms with van der Waals surface area (Å²) in [4.78, 5) is 49.4. The first-order valence-corrected chi connectivity index (χ1v) is 11.0. The van der Waals surface area contributed by atoms with Crippen molar-refractivity contribution in [2.45, 2.75) is 38.6 Å². The van der Waals surface area contributed by atoms with Gasteiger partial charge >= 0.3 is 6.03 Å². The number of halogens is 1. The summed E-state index contributed by atoms with van der Waals surface area (Å²) in [5.41, 5.74) is 0.721. The Balaban J connectivity index is 1.40. The first-order chi connectivity index (χ1) is 15.4. The Morgan fingerprint density at radius 2 is 1.81 bits per heavy atom. The van der Waals surface area contributed by atoms with Gasteiger partial charge in [-0.2, -0.15) is 0 Å². The van der Waals surface area contributed by atoms with E-state index in [0.29, 0.717) is 42.6 Å². The molecule has 2 saturated heterocycles. The van der Waals surface area contributed by atoms with E-state index in [1.165, 1.54) is 11.1 Å². The molecule has 0 aliphatic carbocycles. The number of carbonyl (C=O) groups excluding carboxylic acids is 3. The van der Waals surface area contributed by atoms with Crippen molar-refractivity contribution in [2.75, 3.05) is 28.6 Å². The van der Waals surface area contributed by atoms with Crippen molar-refractivity contribution in [1.82, 2.24) is 14.9 Å². The third-order valence-electron chi connectivity index (χ3n) is 5.67. The van der Waals surface area contributed by atoms with Crippen LogP contribution in [0.2, 0.25) is 5.02 Å². The minimum Gasteiger partial charge on any atom is -0.312 e. The maximum absolute atomic E-state index is 12.9. The zero-order valence-electron chi connectivity index (χ0n) is 17.8. The third kappa shape index (κ3) is 4.99. The Morgan fingerprint density at radius 3 is 2.50 bits per heavy atom. The average molecular weight is 457 g/mol. The van der Waals surface area contributed by atoms with Gasteiger partial charge in [0.25, 0.3) is 0 Å². The van der Waals surface area contributed by atoms with Gasteiger partial charge in [0.2, 0.25) is 11.8 Å². The van der Waals surface area contributed by atoms with Crippen molar-refractivity contribution in [1.29, 1.82) is 0 Å². The number of rotatable bonds is 4. The van der Waals surface area contributed by atoms with Crippen LogP contribution in [0.3, 0.4) is 0 Å². The predicted molar refractivity (Wildman–Crippen MR) is 122 cm³/mol. The molecule has 32 heavy (non-hydrogen) atoms. The van der Waals surface area contributed by atoms with Gasteiger partial charge in [-0.15, -0.1) is 0 Å². The second-order valence-corrected chi connectivity index (χ2v) is 8.63. The van der Waals surface area contributed by atoms with Crippen LogP contribution in [0.15, 0.2) is 36.7 Å². The van der Waals surface area contributed by atoms with Gasteiger partial charge in [-0.1, -0.05) is 18.5 Å². The standard InChI is InChI=1S/C22H25ClN6O3/c1-14-10-17(29(13-14)22(32)27-19-7-5-15(23)11-24-19)21(31)26-18-8-6-16(12-25-18)28-9-3-2-4-20(28)30/h5-8,11-12,14,17H,2-4,9-10,13H2,1H3,(H,24,27,32)(H,25,26,31)/t14-,17-/m1/s1. The lowest BCUT2D eigenvalue weighted by molar-refractivity contribution is -0.120. The molecule has 4 amide bonds. The van der Waals surface area contributed by atoms with E-state index in [0.717, 1.165) is 18.5 Å². The fourth-order valence-electron chi connectivity index (χ4n) is 4.06. The van der Waals surface area contributed by atoms with Crippen molar-refractivity contribution in [3.05, 3.63) is 41.7 Å². The van der Waals surface area contributed by atoms with Crippen molar-refractivity contribution in [2.24, 2.45) is 5.92 Å². The van der Waals surface area contributed by atoms with E-state index >= 15 is 0 Å². The molecule has 0 spiro atoms. The van der Waals surface area contributed by atoms with E-state index in [4.69, 9.17) is 11.6 Å². The highest BCUT2D eigenvalue weighted by atomic mass is 35.5. The zero-order valence-corrected chi connectivity index (χ0v) is 18.5. The van der Waals surface area contributed by atoms with Crippen LogP contribution in [-0.4, -0.2) is 51.8 Å². The van der Waals surface area contributed by atoms with Crippen molar-refractivity contribution in [3.8, 4) is 0 Å². The van der Waals surface area contributed by atoms with Gasteiger partial charge in [-0.05, 0) is 49.4 Å². The molecule has 2 aromatic heterocycles. The van der Waals surface area contributed by atoms with E-state index in [1.807, 2.05) is 6.92 Å². The van der Waals surface area contributed by atoms with Crippen molar-refractivity contribution >= 4 is 46.8 Å². The number of aromatic nitrogens is 2. The number of pyridine rings is 2. The molecule has 0 bridgehead atoms. The monoisotopic (exact) mass is 456 g/mol. The molecule has 4 heterocycles. The molecule has 2 aliphatic rings. The molecule has 2 aromatic rings. The third-order valence-corrected chi connectivity index (χ3v) is 5.89. The topological polar surface area (TPSA) is 108 Å². The Hall–Kier alpha value is -3.20. The second-order valence-electron chi connectivity index (χ2n) is 8.19. The molecular formula is C22H25ClN6O3. The highest BCUT2D eigenvalue weighted by Crippen LogP contribution is 2.26. The SMILES string of the molecule is C[C@@H]1C[C@H](C(=O)Nc2ccc(N3CCCCC3=O)cn2)N(C(=O)Nc2ccc(Cl)cn2)C1. The molecule has 2 fully saturated rings. The highest BCUT2D eigenvalue weighted by Gasteiger charge is 2.38. The number of nitrogens with one attached hydrogen (secondary N) is 2. The lowest BCUT2D eigenvalue weighted by atomic mass is 10.1. The molecule has 168 valence electrons. The number of nitrogens with zero attached hydrogens (tertiary/aromatic N) is 4. The van der Waals surface area contributed by atoms with Crippen molar-refractivity contribution < 1.29 is 14.4 Å². The van der Waals surface area contributed by atoms with Crippen LogP contribution >= 0.6 is 11.6 Å². The molecule has 9 nitrogen and oxygen atoms in total. The van der Waals surface area contributed by atoms with E-state index < -0.39 is 12.1 Å². The maximum Gasteiger partial charge on any atom is 0.323 e. The van der Waals surface area contributed by atoms with Crippen LogP contribution in [0, 0.1) is 5.92 Å². The first-order valence-electron chi connectivity index (χ1n) is 10.7. The van der Waals surface area contributed by atoms with Crippen LogP contribution in [0.1, 0.15) is 32.6 Å². The van der Waals surface area contributed by atoms with Crippen molar-refractivity contribution in [3.63, 3.8) is 0 Å². The molecule has 0 aromatic carbocycles. The number of hydrogen-bond donors (Lipinski definition) is 2. The highest BCUT2D eigenvalue weighted by molar-refractivity contribution is 6.30. The summed E-state index contributed by atoms with van der Waals surface area (Å²) < 4.78 is 0. The predicted octanol–water partition coefficient (Wildman–Crippen LogP) is 3.53. The quantitative estimate of drug-likeness (QED) is 0.731. The largest absolute Gasteiger partial charge is 0.323 e. The number of urea groups is 1. The summed E-state index contributed by atoms with van der Waals surface area (Å²) in [5.74, 6) is 0.703. The number of amides is 4. The summed E-state index contributed by atoms with van der Waals surface area (Å²) >= 11 is 5.83. The Kier molecular flexibility index (Phi) is 6.55. The molecule has 0 unspecified atom stereocenters. The van der Waals surface area contributed by atoms with Crippen LogP contribution in [0.4, 0.5) is 22.1 Å². The Labute approximate surface area is 191 Å². The molecule has 4 rings (SSSR count). The van der Waals surface area contributed by atoms with Gasteiger partial charge in [0.1, 0.15) is 17.7 Å². The number of anilines is 3. The Bertz CT molecular complexity index is 998. The molecule has 0 radical (unpaired) electrons. The van der Waals surface area contributed by atoms with Crippen LogP contribution < -0.4 is 15.5 Å². The minimum absolute atomic E-state index is 0.0895.